The molecule has 0 spiro atoms. The van der Waals surface area contributed by atoms with Gasteiger partial charge < -0.3 is 15.2 Å². The quantitative estimate of drug-likeness (QED) is 0.308. The van der Waals surface area contributed by atoms with Gasteiger partial charge in [-0.25, -0.2) is 17.9 Å². The van der Waals surface area contributed by atoms with Crippen LogP contribution in [-0.4, -0.2) is 41.2 Å². The van der Waals surface area contributed by atoms with Crippen molar-refractivity contribution in [3.8, 4) is 17.3 Å². The zero-order chi connectivity index (χ0) is 28.2. The molecule has 0 saturated carbocycles. The van der Waals surface area contributed by atoms with Crippen molar-refractivity contribution in [2.75, 3.05) is 5.32 Å². The van der Waals surface area contributed by atoms with Crippen LogP contribution in [0.1, 0.15) is 62.2 Å². The zero-order valence-electron chi connectivity index (χ0n) is 22.4. The van der Waals surface area contributed by atoms with Crippen molar-refractivity contribution in [3.63, 3.8) is 0 Å². The van der Waals surface area contributed by atoms with E-state index in [9.17, 15) is 23.1 Å². The summed E-state index contributed by atoms with van der Waals surface area (Å²) in [6.07, 6.45) is 0.833. The molecule has 3 N–H and O–H groups in total. The molecule has 3 rings (SSSR count). The van der Waals surface area contributed by atoms with Crippen molar-refractivity contribution in [2.24, 2.45) is 5.92 Å². The molecule has 1 heterocycles. The molecule has 0 aliphatic rings. The minimum atomic E-state index is -4.08. The molecule has 0 saturated heterocycles. The third kappa shape index (κ3) is 6.78. The number of aromatic carboxylic acids is 1. The topological polar surface area (TPSA) is 140 Å². The number of hydrogen-bond donors (Lipinski definition) is 3. The summed E-state index contributed by atoms with van der Waals surface area (Å²) in [5.41, 5.74) is 1.84. The lowest BCUT2D eigenvalue weighted by atomic mass is 10.1. The first-order valence-electron chi connectivity index (χ1n) is 12.4. The SMILES string of the molecule is CC[C@H](C)NS(=O)(=O)c1cc(NC(=O)CC(C)C)ccc1Oc1c(C)c(C(=O)O)nn1-c1ccc(C)cc1. The largest absolute Gasteiger partial charge is 0.476 e. The van der Waals surface area contributed by atoms with Crippen molar-refractivity contribution < 1.29 is 27.9 Å². The lowest BCUT2D eigenvalue weighted by Gasteiger charge is -2.18. The Labute approximate surface area is 223 Å². The van der Waals surface area contributed by atoms with Gasteiger partial charge in [0.2, 0.25) is 21.8 Å². The predicted molar refractivity (Wildman–Crippen MR) is 145 cm³/mol. The maximum atomic E-state index is 13.4. The molecule has 0 aliphatic heterocycles. The fourth-order valence-corrected chi connectivity index (χ4v) is 5.12. The summed E-state index contributed by atoms with van der Waals surface area (Å²) in [6.45, 7) is 10.9. The van der Waals surface area contributed by atoms with Gasteiger partial charge in [-0.1, -0.05) is 38.5 Å². The summed E-state index contributed by atoms with van der Waals surface area (Å²) in [4.78, 5) is 24.0. The minimum absolute atomic E-state index is 0.0454. The summed E-state index contributed by atoms with van der Waals surface area (Å²) in [5, 5.41) is 16.6. The van der Waals surface area contributed by atoms with E-state index in [1.165, 1.54) is 22.9 Å². The van der Waals surface area contributed by atoms with Gasteiger partial charge in [0.05, 0.1) is 5.69 Å². The molecule has 0 fully saturated rings. The van der Waals surface area contributed by atoms with E-state index in [2.05, 4.69) is 15.1 Å². The van der Waals surface area contributed by atoms with Gasteiger partial charge in [0.1, 0.15) is 10.6 Å². The normalized spacial score (nSPS) is 12.4. The van der Waals surface area contributed by atoms with Gasteiger partial charge in [-0.2, -0.15) is 9.78 Å². The Morgan fingerprint density at radius 1 is 1.08 bits per heavy atom. The maximum Gasteiger partial charge on any atom is 0.356 e. The van der Waals surface area contributed by atoms with E-state index in [1.807, 2.05) is 39.8 Å². The van der Waals surface area contributed by atoms with E-state index in [0.29, 0.717) is 17.8 Å². The Kier molecular flexibility index (Phi) is 8.95. The third-order valence-electron chi connectivity index (χ3n) is 5.84. The van der Waals surface area contributed by atoms with Crippen LogP contribution < -0.4 is 14.8 Å². The Bertz CT molecular complexity index is 1430. The van der Waals surface area contributed by atoms with Gasteiger partial charge in [-0.15, -0.1) is 0 Å². The van der Waals surface area contributed by atoms with Crippen LogP contribution >= 0.6 is 0 Å². The molecule has 38 heavy (non-hydrogen) atoms. The summed E-state index contributed by atoms with van der Waals surface area (Å²) < 4.78 is 36.9. The smallest absolute Gasteiger partial charge is 0.356 e. The van der Waals surface area contributed by atoms with E-state index >= 15 is 0 Å². The number of nitrogens with one attached hydrogen (secondary N) is 2. The predicted octanol–water partition coefficient (Wildman–Crippen LogP) is 5.04. The Balaban J connectivity index is 2.14. The first kappa shape index (κ1) is 28.9. The van der Waals surface area contributed by atoms with Crippen LogP contribution in [0.3, 0.4) is 0 Å². The second-order valence-electron chi connectivity index (χ2n) is 9.67. The molecule has 1 aromatic heterocycles. The molecular weight excluding hydrogens is 508 g/mol. The first-order chi connectivity index (χ1) is 17.8. The van der Waals surface area contributed by atoms with Crippen LogP contribution in [-0.2, 0) is 14.8 Å². The highest BCUT2D eigenvalue weighted by Gasteiger charge is 2.27. The summed E-state index contributed by atoms with van der Waals surface area (Å²) >= 11 is 0. The van der Waals surface area contributed by atoms with E-state index < -0.39 is 16.0 Å². The molecule has 1 atom stereocenters. The second kappa shape index (κ2) is 11.8. The number of carbonyl (C=O) groups excluding carboxylic acids is 1. The second-order valence-corrected chi connectivity index (χ2v) is 11.4. The number of carboxylic acid groups (broad SMARTS) is 1. The zero-order valence-corrected chi connectivity index (χ0v) is 23.2. The van der Waals surface area contributed by atoms with Crippen LogP contribution in [0.25, 0.3) is 5.69 Å². The number of carbonyl (C=O) groups is 2. The van der Waals surface area contributed by atoms with Crippen molar-refractivity contribution in [3.05, 3.63) is 59.3 Å². The van der Waals surface area contributed by atoms with Crippen molar-refractivity contribution in [1.29, 1.82) is 0 Å². The van der Waals surface area contributed by atoms with E-state index in [0.717, 1.165) is 5.56 Å². The summed E-state index contributed by atoms with van der Waals surface area (Å²) in [5.74, 6) is -1.35. The number of sulfonamides is 1. The highest BCUT2D eigenvalue weighted by Crippen LogP contribution is 2.35. The number of aromatic nitrogens is 2. The Hall–Kier alpha value is -3.70. The fraction of sp³-hybridized carbons (Fsp3) is 0.370. The Morgan fingerprint density at radius 3 is 2.32 bits per heavy atom. The van der Waals surface area contributed by atoms with Crippen LogP contribution in [0.2, 0.25) is 0 Å². The molecule has 3 aromatic rings. The first-order valence-corrected chi connectivity index (χ1v) is 13.8. The molecule has 11 heteroatoms. The van der Waals surface area contributed by atoms with E-state index in [4.69, 9.17) is 4.74 Å². The van der Waals surface area contributed by atoms with Gasteiger partial charge in [0, 0.05) is 23.7 Å². The van der Waals surface area contributed by atoms with Gasteiger partial charge in [-0.3, -0.25) is 4.79 Å². The van der Waals surface area contributed by atoms with Gasteiger partial charge in [-0.05, 0) is 63.4 Å². The average Bonchev–Trinajstić information content (AvgIpc) is 3.15. The van der Waals surface area contributed by atoms with Crippen LogP contribution in [0.5, 0.6) is 11.6 Å². The van der Waals surface area contributed by atoms with E-state index in [-0.39, 0.29) is 52.1 Å². The molecular formula is C27H34N4O6S. The number of hydrogen-bond acceptors (Lipinski definition) is 6. The number of amides is 1. The molecule has 0 radical (unpaired) electrons. The number of anilines is 1. The highest BCUT2D eigenvalue weighted by molar-refractivity contribution is 7.89. The molecule has 2 aromatic carbocycles. The van der Waals surface area contributed by atoms with Crippen molar-refractivity contribution in [1.82, 2.24) is 14.5 Å². The summed E-state index contributed by atoms with van der Waals surface area (Å²) in [6, 6.07) is 11.2. The van der Waals surface area contributed by atoms with Gasteiger partial charge in [0.25, 0.3) is 0 Å². The van der Waals surface area contributed by atoms with Crippen molar-refractivity contribution >= 4 is 27.6 Å². The lowest BCUT2D eigenvalue weighted by molar-refractivity contribution is -0.116. The fourth-order valence-electron chi connectivity index (χ4n) is 3.64. The molecule has 0 aliphatic carbocycles. The monoisotopic (exact) mass is 542 g/mol. The molecule has 0 bridgehead atoms. The Morgan fingerprint density at radius 2 is 1.74 bits per heavy atom. The molecule has 1 amide bonds. The van der Waals surface area contributed by atoms with Crippen LogP contribution in [0.4, 0.5) is 5.69 Å². The number of ether oxygens (including phenoxy) is 1. The van der Waals surface area contributed by atoms with Crippen molar-refractivity contribution in [2.45, 2.75) is 65.3 Å². The number of aryl methyl sites for hydroxylation is 1. The number of nitrogens with zero attached hydrogens (tertiary/aromatic N) is 2. The maximum absolute atomic E-state index is 13.4. The van der Waals surface area contributed by atoms with Gasteiger partial charge >= 0.3 is 5.97 Å². The molecule has 10 nitrogen and oxygen atoms in total. The number of rotatable bonds is 11. The highest BCUT2D eigenvalue weighted by atomic mass is 32.2. The lowest BCUT2D eigenvalue weighted by Crippen LogP contribution is -2.32. The standard InChI is InChI=1S/C27H34N4O6S/c1-7-18(5)30-38(35,36)23-15-20(28-24(32)14-16(2)3)10-13-22(23)37-26-19(6)25(27(33)34)29-31(26)21-11-8-17(4)9-12-21/h8-13,15-16,18,30H,7,14H2,1-6H3,(H,28,32)(H,33,34)/t18-/m0/s1. The summed E-state index contributed by atoms with van der Waals surface area (Å²) in [7, 11) is -4.08. The minimum Gasteiger partial charge on any atom is -0.476 e. The van der Waals surface area contributed by atoms with Crippen LogP contribution in [0.15, 0.2) is 47.4 Å². The molecule has 204 valence electrons. The van der Waals surface area contributed by atoms with E-state index in [1.54, 1.807) is 26.0 Å². The number of benzene rings is 2. The van der Waals surface area contributed by atoms with Crippen LogP contribution in [0, 0.1) is 19.8 Å². The van der Waals surface area contributed by atoms with Gasteiger partial charge in [0.15, 0.2) is 5.69 Å². The molecule has 0 unspecified atom stereocenters. The third-order valence-corrected chi connectivity index (χ3v) is 7.45. The number of carboxylic acids is 1. The average molecular weight is 543 g/mol.